The third-order valence-corrected chi connectivity index (χ3v) is 6.65. The van der Waals surface area contributed by atoms with Crippen molar-refractivity contribution in [3.05, 3.63) is 65.2 Å². The van der Waals surface area contributed by atoms with Crippen LogP contribution in [0, 0.1) is 0 Å². The smallest absolute Gasteiger partial charge is 0.261 e. The molecule has 0 saturated heterocycles. The van der Waals surface area contributed by atoms with Crippen molar-refractivity contribution in [1.29, 1.82) is 0 Å². The summed E-state index contributed by atoms with van der Waals surface area (Å²) in [7, 11) is -3.61. The first kappa shape index (κ1) is 27.0. The number of hydrogen-bond acceptors (Lipinski definition) is 5. The molecule has 2 rings (SSSR count). The first-order valence-electron chi connectivity index (χ1n) is 10.5. The molecule has 1 amide bonds. The second kappa shape index (κ2) is 13.4. The topological polar surface area (TPSA) is 96.5 Å². The Balaban J connectivity index is 1.99. The Morgan fingerprint density at radius 3 is 2.55 bits per heavy atom. The van der Waals surface area contributed by atoms with E-state index in [9.17, 15) is 13.2 Å². The fraction of sp³-hybridized carbons (Fsp3) is 0.304. The zero-order chi connectivity index (χ0) is 24.3. The lowest BCUT2D eigenvalue weighted by Crippen LogP contribution is -2.34. The number of carbonyl (C=O) groups is 1. The molecule has 0 bridgehead atoms. The first-order valence-corrected chi connectivity index (χ1v) is 13.2. The zero-order valence-corrected chi connectivity index (χ0v) is 21.6. The standard InChI is InChI=1S/C23H28BrN3O4S2/c1-3-5-6-7-15-31-21-13-8-17(24)16-20(21)22(28)27-23(32)26-18-9-11-19(12-10-18)33(29,30)25-14-4-2/h4,8-13,16,25H,2-3,5-7,14-15H2,1H3,(H2,26,27,28,32). The number of nitrogens with one attached hydrogen (secondary N) is 3. The van der Waals surface area contributed by atoms with Gasteiger partial charge >= 0.3 is 0 Å². The van der Waals surface area contributed by atoms with Crippen LogP contribution in [-0.4, -0.2) is 32.6 Å². The number of benzene rings is 2. The van der Waals surface area contributed by atoms with Crippen LogP contribution in [0.2, 0.25) is 0 Å². The van der Waals surface area contributed by atoms with Gasteiger partial charge < -0.3 is 10.1 Å². The summed E-state index contributed by atoms with van der Waals surface area (Å²) in [5.41, 5.74) is 0.892. The highest BCUT2D eigenvalue weighted by atomic mass is 79.9. The molecule has 2 aromatic rings. The summed E-state index contributed by atoms with van der Waals surface area (Å²) in [5, 5.41) is 5.59. The predicted octanol–water partition coefficient (Wildman–Crippen LogP) is 5.00. The van der Waals surface area contributed by atoms with Crippen molar-refractivity contribution in [2.75, 3.05) is 18.5 Å². The molecular formula is C23H28BrN3O4S2. The number of anilines is 1. The molecule has 2 aromatic carbocycles. The Morgan fingerprint density at radius 1 is 1.15 bits per heavy atom. The van der Waals surface area contributed by atoms with Gasteiger partial charge in [0.1, 0.15) is 5.75 Å². The van der Waals surface area contributed by atoms with Crippen LogP contribution in [0.3, 0.4) is 0 Å². The van der Waals surface area contributed by atoms with Crippen LogP contribution in [0.5, 0.6) is 5.75 Å². The third-order valence-electron chi connectivity index (χ3n) is 4.51. The average Bonchev–Trinajstić information content (AvgIpc) is 2.78. The molecular weight excluding hydrogens is 526 g/mol. The highest BCUT2D eigenvalue weighted by Crippen LogP contribution is 2.24. The van der Waals surface area contributed by atoms with E-state index in [1.54, 1.807) is 24.3 Å². The minimum absolute atomic E-state index is 0.0780. The van der Waals surface area contributed by atoms with Crippen LogP contribution in [-0.2, 0) is 10.0 Å². The van der Waals surface area contributed by atoms with Crippen LogP contribution >= 0.6 is 28.1 Å². The fourth-order valence-electron chi connectivity index (χ4n) is 2.82. The van der Waals surface area contributed by atoms with Crippen LogP contribution in [0.4, 0.5) is 5.69 Å². The highest BCUT2D eigenvalue weighted by Gasteiger charge is 2.16. The maximum absolute atomic E-state index is 12.8. The van der Waals surface area contributed by atoms with Crippen molar-refractivity contribution in [2.24, 2.45) is 0 Å². The van der Waals surface area contributed by atoms with Crippen molar-refractivity contribution in [1.82, 2.24) is 10.0 Å². The van der Waals surface area contributed by atoms with Crippen molar-refractivity contribution in [3.63, 3.8) is 0 Å². The predicted molar refractivity (Wildman–Crippen MR) is 139 cm³/mol. The molecule has 178 valence electrons. The molecule has 0 aliphatic rings. The number of carbonyl (C=O) groups excluding carboxylic acids is 1. The second-order valence-electron chi connectivity index (χ2n) is 7.12. The summed E-state index contributed by atoms with van der Waals surface area (Å²) in [4.78, 5) is 12.9. The third kappa shape index (κ3) is 8.88. The molecule has 0 aliphatic carbocycles. The van der Waals surface area contributed by atoms with Gasteiger partial charge in [0, 0.05) is 16.7 Å². The monoisotopic (exact) mass is 553 g/mol. The van der Waals surface area contributed by atoms with Gasteiger partial charge in [0.15, 0.2) is 5.11 Å². The summed E-state index contributed by atoms with van der Waals surface area (Å²) in [6.45, 7) is 6.30. The van der Waals surface area contributed by atoms with Gasteiger partial charge in [-0.1, -0.05) is 48.2 Å². The Morgan fingerprint density at radius 2 is 1.88 bits per heavy atom. The lowest BCUT2D eigenvalue weighted by atomic mass is 10.2. The van der Waals surface area contributed by atoms with Gasteiger partial charge in [0.2, 0.25) is 10.0 Å². The first-order chi connectivity index (χ1) is 15.8. The van der Waals surface area contributed by atoms with E-state index in [0.29, 0.717) is 23.6 Å². The summed E-state index contributed by atoms with van der Waals surface area (Å²) in [5.74, 6) is 0.0711. The van der Waals surface area contributed by atoms with Gasteiger partial charge in [0.25, 0.3) is 5.91 Å². The quantitative estimate of drug-likeness (QED) is 0.194. The van der Waals surface area contributed by atoms with Crippen molar-refractivity contribution < 1.29 is 17.9 Å². The Bertz CT molecular complexity index is 1070. The molecule has 0 aliphatic heterocycles. The number of halogens is 1. The van der Waals surface area contributed by atoms with Gasteiger partial charge in [-0.15, -0.1) is 6.58 Å². The SMILES string of the molecule is C=CCNS(=O)(=O)c1ccc(NC(=S)NC(=O)c2cc(Br)ccc2OCCCCCC)cc1. The molecule has 0 radical (unpaired) electrons. The molecule has 10 heteroatoms. The largest absolute Gasteiger partial charge is 0.493 e. The Kier molecular flexibility index (Phi) is 11.0. The molecule has 0 saturated carbocycles. The number of unbranched alkanes of at least 4 members (excludes halogenated alkanes) is 3. The lowest BCUT2D eigenvalue weighted by Gasteiger charge is -2.14. The van der Waals surface area contributed by atoms with Crippen LogP contribution < -0.4 is 20.1 Å². The molecule has 0 fully saturated rings. The van der Waals surface area contributed by atoms with Crippen molar-refractivity contribution in [2.45, 2.75) is 37.5 Å². The minimum atomic E-state index is -3.61. The summed E-state index contributed by atoms with van der Waals surface area (Å²) in [6.07, 6.45) is 5.74. The van der Waals surface area contributed by atoms with E-state index in [4.69, 9.17) is 17.0 Å². The molecule has 3 N–H and O–H groups in total. The number of sulfonamides is 1. The second-order valence-corrected chi connectivity index (χ2v) is 10.2. The lowest BCUT2D eigenvalue weighted by molar-refractivity contribution is 0.0973. The number of rotatable bonds is 12. The van der Waals surface area contributed by atoms with Crippen LogP contribution in [0.25, 0.3) is 0 Å². The highest BCUT2D eigenvalue weighted by molar-refractivity contribution is 9.10. The minimum Gasteiger partial charge on any atom is -0.493 e. The molecule has 0 unspecified atom stereocenters. The van der Waals surface area contributed by atoms with Gasteiger partial charge in [-0.05, 0) is 61.1 Å². The van der Waals surface area contributed by atoms with E-state index in [-0.39, 0.29) is 16.6 Å². The fourth-order valence-corrected chi connectivity index (χ4v) is 4.39. The van der Waals surface area contributed by atoms with E-state index in [1.165, 1.54) is 18.2 Å². The van der Waals surface area contributed by atoms with Crippen molar-refractivity contribution in [3.8, 4) is 5.75 Å². The van der Waals surface area contributed by atoms with Gasteiger partial charge in [-0.2, -0.15) is 0 Å². The number of hydrogen-bond donors (Lipinski definition) is 3. The van der Waals surface area contributed by atoms with Gasteiger partial charge in [0.05, 0.1) is 17.1 Å². The number of ether oxygens (including phenoxy) is 1. The molecule has 7 nitrogen and oxygen atoms in total. The number of thiocarbonyl (C=S) groups is 1. The van der Waals surface area contributed by atoms with Gasteiger partial charge in [-0.3, -0.25) is 10.1 Å². The van der Waals surface area contributed by atoms with Crippen molar-refractivity contribution >= 4 is 54.9 Å². The van der Waals surface area contributed by atoms with E-state index in [1.807, 2.05) is 6.07 Å². The molecule has 0 atom stereocenters. The zero-order valence-electron chi connectivity index (χ0n) is 18.4. The van der Waals surface area contributed by atoms with Crippen LogP contribution in [0.1, 0.15) is 43.0 Å². The Hall–Kier alpha value is -2.27. The van der Waals surface area contributed by atoms with E-state index in [2.05, 4.69) is 44.8 Å². The molecule has 0 aromatic heterocycles. The van der Waals surface area contributed by atoms with Gasteiger partial charge in [-0.25, -0.2) is 13.1 Å². The summed E-state index contributed by atoms with van der Waals surface area (Å²) < 4.78 is 33.2. The Labute approximate surface area is 209 Å². The molecule has 0 heterocycles. The molecule has 33 heavy (non-hydrogen) atoms. The maximum Gasteiger partial charge on any atom is 0.261 e. The normalized spacial score (nSPS) is 11.0. The average molecular weight is 555 g/mol. The van der Waals surface area contributed by atoms with E-state index < -0.39 is 15.9 Å². The summed E-state index contributed by atoms with van der Waals surface area (Å²) >= 11 is 8.63. The van der Waals surface area contributed by atoms with E-state index >= 15 is 0 Å². The molecule has 0 spiro atoms. The maximum atomic E-state index is 12.8. The van der Waals surface area contributed by atoms with Crippen LogP contribution in [0.15, 0.2) is 64.5 Å². The summed E-state index contributed by atoms with van der Waals surface area (Å²) in [6, 6.07) is 11.2. The van der Waals surface area contributed by atoms with E-state index in [0.717, 1.165) is 30.2 Å². The number of amides is 1.